The minimum atomic E-state index is -1.29. The van der Waals surface area contributed by atoms with E-state index in [9.17, 15) is 14.7 Å². The van der Waals surface area contributed by atoms with Crippen LogP contribution in [0.3, 0.4) is 0 Å². The number of nitrogens with zero attached hydrogens (tertiary/aromatic N) is 1. The van der Waals surface area contributed by atoms with Crippen molar-refractivity contribution in [2.24, 2.45) is 0 Å². The second-order valence-electron chi connectivity index (χ2n) is 4.31. The highest BCUT2D eigenvalue weighted by Gasteiger charge is 2.25. The van der Waals surface area contributed by atoms with E-state index in [0.29, 0.717) is 30.5 Å². The summed E-state index contributed by atoms with van der Waals surface area (Å²) >= 11 is 0. The molecule has 0 spiro atoms. The van der Waals surface area contributed by atoms with Gasteiger partial charge in [0, 0.05) is 5.69 Å². The van der Waals surface area contributed by atoms with Gasteiger partial charge in [-0.05, 0) is 30.4 Å². The van der Waals surface area contributed by atoms with Gasteiger partial charge in [0.2, 0.25) is 0 Å². The molecule has 0 fully saturated rings. The number of rotatable bonds is 6. The summed E-state index contributed by atoms with van der Waals surface area (Å²) in [6, 6.07) is 0. The Hall–Kier alpha value is -1.91. The van der Waals surface area contributed by atoms with Crippen LogP contribution in [0.2, 0.25) is 0 Å². The van der Waals surface area contributed by atoms with Gasteiger partial charge in [0.1, 0.15) is 0 Å². The van der Waals surface area contributed by atoms with Crippen molar-refractivity contribution in [1.82, 2.24) is 4.98 Å². The minimum absolute atomic E-state index is 0.150. The highest BCUT2D eigenvalue weighted by Crippen LogP contribution is 2.24. The van der Waals surface area contributed by atoms with Crippen molar-refractivity contribution in [1.29, 1.82) is 0 Å². The van der Waals surface area contributed by atoms with E-state index in [0.717, 1.165) is 12.0 Å². The highest BCUT2D eigenvalue weighted by molar-refractivity contribution is 6.01. The number of aryl methyl sites for hydroxylation is 1. The first-order valence-corrected chi connectivity index (χ1v) is 6.48. The molecule has 0 atom stereocenters. The van der Waals surface area contributed by atoms with E-state index in [1.165, 1.54) is 0 Å². The van der Waals surface area contributed by atoms with Gasteiger partial charge >= 0.3 is 11.9 Å². The topological polar surface area (TPSA) is 87.5 Å². The maximum atomic E-state index is 11.4. The molecule has 0 bridgehead atoms. The van der Waals surface area contributed by atoms with Gasteiger partial charge in [-0.1, -0.05) is 27.2 Å². The van der Waals surface area contributed by atoms with Crippen molar-refractivity contribution in [2.45, 2.75) is 46.5 Å². The molecule has 0 saturated carbocycles. The van der Waals surface area contributed by atoms with Crippen LogP contribution in [0.25, 0.3) is 0 Å². The molecule has 0 amide bonds. The van der Waals surface area contributed by atoms with Gasteiger partial charge in [-0.25, -0.2) is 14.6 Å². The lowest BCUT2D eigenvalue weighted by atomic mass is 9.92. The molecule has 5 heteroatoms. The van der Waals surface area contributed by atoms with Gasteiger partial charge in [-0.3, -0.25) is 0 Å². The highest BCUT2D eigenvalue weighted by atomic mass is 16.4. The van der Waals surface area contributed by atoms with Crippen LogP contribution in [-0.2, 0) is 19.3 Å². The minimum Gasteiger partial charge on any atom is -0.478 e. The summed E-state index contributed by atoms with van der Waals surface area (Å²) < 4.78 is 0. The molecule has 19 heavy (non-hydrogen) atoms. The zero-order chi connectivity index (χ0) is 14.6. The van der Waals surface area contributed by atoms with Crippen LogP contribution >= 0.6 is 0 Å². The van der Waals surface area contributed by atoms with E-state index in [1.807, 2.05) is 20.8 Å². The average Bonchev–Trinajstić information content (AvgIpc) is 2.36. The Morgan fingerprint density at radius 2 is 1.63 bits per heavy atom. The molecule has 1 aromatic rings. The fourth-order valence-corrected chi connectivity index (χ4v) is 2.35. The first-order chi connectivity index (χ1) is 8.97. The third-order valence-electron chi connectivity index (χ3n) is 3.10. The van der Waals surface area contributed by atoms with Crippen LogP contribution in [-0.4, -0.2) is 27.1 Å². The molecule has 104 valence electrons. The predicted molar refractivity (Wildman–Crippen MR) is 70.9 cm³/mol. The second kappa shape index (κ2) is 6.31. The average molecular weight is 265 g/mol. The first kappa shape index (κ1) is 15.1. The maximum Gasteiger partial charge on any atom is 0.355 e. The maximum absolute atomic E-state index is 11.4. The Balaban J connectivity index is 3.72. The molecule has 0 unspecified atom stereocenters. The van der Waals surface area contributed by atoms with E-state index in [4.69, 9.17) is 5.11 Å². The van der Waals surface area contributed by atoms with Crippen molar-refractivity contribution in [3.63, 3.8) is 0 Å². The van der Waals surface area contributed by atoms with Crippen LogP contribution in [0, 0.1) is 0 Å². The van der Waals surface area contributed by atoms with Crippen molar-refractivity contribution in [3.8, 4) is 0 Å². The normalized spacial score (nSPS) is 10.5. The van der Waals surface area contributed by atoms with Gasteiger partial charge < -0.3 is 10.2 Å². The summed E-state index contributed by atoms with van der Waals surface area (Å²) in [6.07, 6.45) is 2.58. The molecule has 5 nitrogen and oxygen atoms in total. The molecule has 2 N–H and O–H groups in total. The summed E-state index contributed by atoms with van der Waals surface area (Å²) in [7, 11) is 0. The second-order valence-corrected chi connectivity index (χ2v) is 4.31. The number of pyridine rings is 1. The van der Waals surface area contributed by atoms with Crippen molar-refractivity contribution < 1.29 is 19.8 Å². The third-order valence-corrected chi connectivity index (χ3v) is 3.10. The molecule has 1 rings (SSSR count). The largest absolute Gasteiger partial charge is 0.478 e. The molecule has 0 aliphatic heterocycles. The SMILES string of the molecule is CCCc1c(CC)c(CC)nc(C(=O)O)c1C(=O)O. The van der Waals surface area contributed by atoms with Gasteiger partial charge in [-0.15, -0.1) is 0 Å². The number of carboxylic acids is 2. The number of hydrogen-bond acceptors (Lipinski definition) is 3. The number of carboxylic acid groups (broad SMARTS) is 2. The smallest absolute Gasteiger partial charge is 0.355 e. The summed E-state index contributed by atoms with van der Waals surface area (Å²) in [6.45, 7) is 5.77. The molecular weight excluding hydrogens is 246 g/mol. The van der Waals surface area contributed by atoms with Gasteiger partial charge in [-0.2, -0.15) is 0 Å². The van der Waals surface area contributed by atoms with Crippen LogP contribution in [0.15, 0.2) is 0 Å². The quantitative estimate of drug-likeness (QED) is 0.825. The summed E-state index contributed by atoms with van der Waals surface area (Å²) in [5.41, 5.74) is 1.70. The van der Waals surface area contributed by atoms with Gasteiger partial charge in [0.05, 0.1) is 5.56 Å². The van der Waals surface area contributed by atoms with E-state index in [1.54, 1.807) is 0 Å². The van der Waals surface area contributed by atoms with E-state index < -0.39 is 11.9 Å². The van der Waals surface area contributed by atoms with E-state index in [2.05, 4.69) is 4.98 Å². The zero-order valence-electron chi connectivity index (χ0n) is 11.5. The van der Waals surface area contributed by atoms with E-state index >= 15 is 0 Å². The lowest BCUT2D eigenvalue weighted by Gasteiger charge is -2.16. The van der Waals surface area contributed by atoms with E-state index in [-0.39, 0.29) is 11.3 Å². The van der Waals surface area contributed by atoms with Crippen LogP contribution in [0.1, 0.15) is 64.9 Å². The molecule has 0 aliphatic rings. The number of hydrogen-bond donors (Lipinski definition) is 2. The van der Waals surface area contributed by atoms with Crippen LogP contribution in [0.5, 0.6) is 0 Å². The van der Waals surface area contributed by atoms with Gasteiger partial charge in [0.25, 0.3) is 0 Å². The lowest BCUT2D eigenvalue weighted by molar-refractivity contribution is 0.0644. The first-order valence-electron chi connectivity index (χ1n) is 6.48. The number of carbonyl (C=O) groups is 2. The predicted octanol–water partition coefficient (Wildman–Crippen LogP) is 2.56. The number of aromatic nitrogens is 1. The van der Waals surface area contributed by atoms with Crippen molar-refractivity contribution in [3.05, 3.63) is 28.1 Å². The molecule has 0 aromatic carbocycles. The summed E-state index contributed by atoms with van der Waals surface area (Å²) in [5.74, 6) is -2.50. The fraction of sp³-hybridized carbons (Fsp3) is 0.500. The monoisotopic (exact) mass is 265 g/mol. The van der Waals surface area contributed by atoms with Gasteiger partial charge in [0.15, 0.2) is 5.69 Å². The molecule has 0 radical (unpaired) electrons. The molecule has 1 heterocycles. The van der Waals surface area contributed by atoms with Crippen molar-refractivity contribution >= 4 is 11.9 Å². The van der Waals surface area contributed by atoms with Crippen LogP contribution in [0.4, 0.5) is 0 Å². The zero-order valence-corrected chi connectivity index (χ0v) is 11.5. The molecule has 1 aromatic heterocycles. The Morgan fingerprint density at radius 1 is 1.00 bits per heavy atom. The lowest BCUT2D eigenvalue weighted by Crippen LogP contribution is -2.18. The Bertz CT molecular complexity index is 509. The van der Waals surface area contributed by atoms with Crippen LogP contribution < -0.4 is 0 Å². The van der Waals surface area contributed by atoms with Crippen molar-refractivity contribution in [2.75, 3.05) is 0 Å². The summed E-state index contributed by atoms with van der Waals surface area (Å²) in [4.78, 5) is 26.7. The Kier molecular flexibility index (Phi) is 5.03. The fourth-order valence-electron chi connectivity index (χ4n) is 2.35. The Morgan fingerprint density at radius 3 is 2.00 bits per heavy atom. The number of aromatic carboxylic acids is 2. The Labute approximate surface area is 112 Å². The molecule has 0 aliphatic carbocycles. The standard InChI is InChI=1S/C14H19NO4/c1-4-7-9-8(5-2)10(6-3)15-12(14(18)19)11(9)13(16)17/h4-7H2,1-3H3,(H,16,17)(H,18,19). The third kappa shape index (κ3) is 2.92. The summed E-state index contributed by atoms with van der Waals surface area (Å²) in [5, 5.41) is 18.5. The molecule has 0 saturated heterocycles. The molecular formula is C14H19NO4.